The van der Waals surface area contributed by atoms with Gasteiger partial charge in [0.15, 0.2) is 5.78 Å². The van der Waals surface area contributed by atoms with Crippen molar-refractivity contribution in [1.29, 1.82) is 0 Å². The predicted molar refractivity (Wildman–Crippen MR) is 92.9 cm³/mol. The van der Waals surface area contributed by atoms with E-state index in [1.807, 2.05) is 69.2 Å². The van der Waals surface area contributed by atoms with Gasteiger partial charge in [0.25, 0.3) is 0 Å². The van der Waals surface area contributed by atoms with Gasteiger partial charge < -0.3 is 4.90 Å². The second-order valence-electron chi connectivity index (χ2n) is 4.46. The molecule has 0 atom stereocenters. The molecule has 2 rings (SSSR count). The van der Waals surface area contributed by atoms with Crippen molar-refractivity contribution in [3.63, 3.8) is 0 Å². The van der Waals surface area contributed by atoms with Gasteiger partial charge >= 0.3 is 0 Å². The van der Waals surface area contributed by atoms with Crippen molar-refractivity contribution in [3.05, 3.63) is 41.3 Å². The monoisotopic (exact) mass is 302 g/mol. The van der Waals surface area contributed by atoms with Gasteiger partial charge in [0.05, 0.1) is 16.9 Å². The van der Waals surface area contributed by atoms with Gasteiger partial charge in [-0.1, -0.05) is 44.2 Å². The Hall–Kier alpha value is -1.94. The van der Waals surface area contributed by atoms with E-state index in [2.05, 4.69) is 4.99 Å². The molecule has 0 aliphatic rings. The molecule has 1 heterocycles. The number of hydrogen-bond acceptors (Lipinski definition) is 3. The fraction of sp³-hybridized carbons (Fsp3) is 0.294. The highest BCUT2D eigenvalue weighted by atomic mass is 32.1. The molecule has 1 aromatic heterocycles. The summed E-state index contributed by atoms with van der Waals surface area (Å²) in [5, 5.41) is 0. The van der Waals surface area contributed by atoms with E-state index in [1.165, 1.54) is 11.3 Å². The van der Waals surface area contributed by atoms with Crippen LogP contribution in [0.25, 0.3) is 10.4 Å². The first-order valence-electron chi connectivity index (χ1n) is 6.98. The second kappa shape index (κ2) is 8.37. The van der Waals surface area contributed by atoms with Gasteiger partial charge in [-0.15, -0.1) is 11.3 Å². The fourth-order valence-corrected chi connectivity index (χ4v) is 2.66. The molecule has 4 heteroatoms. The minimum Gasteiger partial charge on any atom is -0.369 e. The topological polar surface area (TPSA) is 32.7 Å². The third-order valence-electron chi connectivity index (χ3n) is 2.52. The number of nitrogens with zero attached hydrogens (tertiary/aromatic N) is 2. The summed E-state index contributed by atoms with van der Waals surface area (Å²) in [6.45, 7) is 5.58. The van der Waals surface area contributed by atoms with Gasteiger partial charge in [0.2, 0.25) is 0 Å². The lowest BCUT2D eigenvalue weighted by molar-refractivity contribution is 0.102. The van der Waals surface area contributed by atoms with Crippen LogP contribution in [-0.2, 0) is 0 Å². The van der Waals surface area contributed by atoms with Crippen LogP contribution in [0.2, 0.25) is 0 Å². The zero-order valence-electron chi connectivity index (χ0n) is 13.3. The summed E-state index contributed by atoms with van der Waals surface area (Å²) in [6.07, 6.45) is 1.71. The first-order chi connectivity index (χ1) is 10.1. The van der Waals surface area contributed by atoms with Crippen LogP contribution in [0.15, 0.2) is 41.4 Å². The van der Waals surface area contributed by atoms with E-state index in [9.17, 15) is 4.79 Å². The lowest BCUT2D eigenvalue weighted by Gasteiger charge is -2.01. The van der Waals surface area contributed by atoms with E-state index in [4.69, 9.17) is 0 Å². The van der Waals surface area contributed by atoms with E-state index in [0.717, 1.165) is 16.1 Å². The van der Waals surface area contributed by atoms with E-state index in [1.54, 1.807) is 13.3 Å². The van der Waals surface area contributed by atoms with E-state index >= 15 is 0 Å². The van der Waals surface area contributed by atoms with Gasteiger partial charge in [-0.3, -0.25) is 4.79 Å². The summed E-state index contributed by atoms with van der Waals surface area (Å²) in [6, 6.07) is 12.0. The molecule has 0 bridgehead atoms. The molecule has 0 unspecified atom stereocenters. The number of Topliss-reactive ketones (excluding diaryl/α,β-unsaturated/α-hetero) is 1. The smallest absolute Gasteiger partial charge is 0.171 e. The standard InChI is InChI=1S/C15H16N2OS.C2H6/c1-11(18)15-13(16-10-17(2)3)9-14(19-15)12-7-5-4-6-8-12;1-2/h4-10H,1-3H3;1-2H3. The molecule has 0 spiro atoms. The number of thiophene rings is 1. The van der Waals surface area contributed by atoms with Crippen molar-refractivity contribution in [2.75, 3.05) is 14.1 Å². The maximum absolute atomic E-state index is 11.7. The van der Waals surface area contributed by atoms with Gasteiger partial charge in [-0.25, -0.2) is 4.99 Å². The first kappa shape index (κ1) is 17.1. The minimum atomic E-state index is 0.0538. The number of aliphatic imine (C=N–C) groups is 1. The molecule has 0 radical (unpaired) electrons. The maximum Gasteiger partial charge on any atom is 0.171 e. The molecule has 2 aromatic rings. The SMILES string of the molecule is CC.CC(=O)c1sc(-c2ccccc2)cc1N=CN(C)C. The van der Waals surface area contributed by atoms with Crippen molar-refractivity contribution in [2.45, 2.75) is 20.8 Å². The van der Waals surface area contributed by atoms with Crippen LogP contribution in [0.1, 0.15) is 30.4 Å². The Morgan fingerprint density at radius 1 is 1.19 bits per heavy atom. The highest BCUT2D eigenvalue weighted by Crippen LogP contribution is 2.36. The minimum absolute atomic E-state index is 0.0538. The van der Waals surface area contributed by atoms with Crippen LogP contribution in [0.5, 0.6) is 0 Å². The molecule has 0 saturated carbocycles. The Balaban J connectivity index is 0.00000106. The van der Waals surface area contributed by atoms with Crippen molar-refractivity contribution in [3.8, 4) is 10.4 Å². The number of hydrogen-bond donors (Lipinski definition) is 0. The summed E-state index contributed by atoms with van der Waals surface area (Å²) in [5.41, 5.74) is 1.85. The molecule has 0 fully saturated rings. The Kier molecular flexibility index (Phi) is 6.82. The largest absolute Gasteiger partial charge is 0.369 e. The summed E-state index contributed by atoms with van der Waals surface area (Å²) in [7, 11) is 3.81. The van der Waals surface area contributed by atoms with Crippen LogP contribution >= 0.6 is 11.3 Å². The lowest BCUT2D eigenvalue weighted by Crippen LogP contribution is -2.07. The van der Waals surface area contributed by atoms with E-state index in [-0.39, 0.29) is 5.78 Å². The van der Waals surface area contributed by atoms with Gasteiger partial charge in [-0.2, -0.15) is 0 Å². The molecule has 0 amide bonds. The van der Waals surface area contributed by atoms with E-state index in [0.29, 0.717) is 4.88 Å². The zero-order valence-corrected chi connectivity index (χ0v) is 14.1. The molecule has 1 aromatic carbocycles. The molecule has 0 N–H and O–H groups in total. The molecule has 0 aliphatic heterocycles. The quantitative estimate of drug-likeness (QED) is 0.459. The normalized spacial score (nSPS) is 10.1. The summed E-state index contributed by atoms with van der Waals surface area (Å²) in [4.78, 5) is 19.7. The molecular formula is C17H22N2OS. The Bertz CT molecular complexity index is 601. The van der Waals surface area contributed by atoms with Crippen LogP contribution in [0, 0.1) is 0 Å². The van der Waals surface area contributed by atoms with Crippen molar-refractivity contribution in [2.24, 2.45) is 4.99 Å². The fourth-order valence-electron chi connectivity index (χ4n) is 1.65. The van der Waals surface area contributed by atoms with Crippen molar-refractivity contribution >= 4 is 29.1 Å². The number of rotatable bonds is 4. The molecule has 0 saturated heterocycles. The Morgan fingerprint density at radius 3 is 2.33 bits per heavy atom. The van der Waals surface area contributed by atoms with Gasteiger partial charge in [-0.05, 0) is 11.6 Å². The first-order valence-corrected chi connectivity index (χ1v) is 7.80. The van der Waals surface area contributed by atoms with Crippen molar-refractivity contribution < 1.29 is 4.79 Å². The average Bonchev–Trinajstić information content (AvgIpc) is 2.92. The third-order valence-corrected chi connectivity index (χ3v) is 3.79. The second-order valence-corrected chi connectivity index (χ2v) is 5.51. The van der Waals surface area contributed by atoms with Crippen LogP contribution < -0.4 is 0 Å². The Labute approximate surface area is 131 Å². The molecule has 3 nitrogen and oxygen atoms in total. The molecule has 21 heavy (non-hydrogen) atoms. The molecule has 112 valence electrons. The summed E-state index contributed by atoms with van der Waals surface area (Å²) in [5.74, 6) is 0.0538. The Morgan fingerprint density at radius 2 is 1.81 bits per heavy atom. The number of ketones is 1. The average molecular weight is 302 g/mol. The van der Waals surface area contributed by atoms with Gasteiger partial charge in [0, 0.05) is 25.9 Å². The van der Waals surface area contributed by atoms with E-state index < -0.39 is 0 Å². The predicted octanol–water partition coefficient (Wildman–Crippen LogP) is 4.87. The zero-order chi connectivity index (χ0) is 15.8. The highest BCUT2D eigenvalue weighted by Gasteiger charge is 2.13. The molecular weight excluding hydrogens is 280 g/mol. The summed E-state index contributed by atoms with van der Waals surface area (Å²) >= 11 is 1.49. The highest BCUT2D eigenvalue weighted by molar-refractivity contribution is 7.18. The summed E-state index contributed by atoms with van der Waals surface area (Å²) < 4.78 is 0. The van der Waals surface area contributed by atoms with Crippen LogP contribution in [-0.4, -0.2) is 31.1 Å². The maximum atomic E-state index is 11.7. The van der Waals surface area contributed by atoms with Gasteiger partial charge in [0.1, 0.15) is 0 Å². The number of carbonyl (C=O) groups excluding carboxylic acids is 1. The molecule has 0 aliphatic carbocycles. The lowest BCUT2D eigenvalue weighted by atomic mass is 10.2. The number of benzene rings is 1. The van der Waals surface area contributed by atoms with Crippen LogP contribution in [0.3, 0.4) is 0 Å². The number of carbonyl (C=O) groups is 1. The van der Waals surface area contributed by atoms with Crippen LogP contribution in [0.4, 0.5) is 5.69 Å². The third kappa shape index (κ3) is 4.83. The van der Waals surface area contributed by atoms with Crippen molar-refractivity contribution in [1.82, 2.24) is 4.90 Å².